The van der Waals surface area contributed by atoms with Gasteiger partial charge < -0.3 is 5.32 Å². The topological polar surface area (TPSA) is 40.7 Å². The Morgan fingerprint density at radius 3 is 2.67 bits per heavy atom. The number of benzene rings is 1. The monoisotopic (exact) mass is 203 g/mol. The smallest absolute Gasteiger partial charge is 0.0954 e. The van der Waals surface area contributed by atoms with E-state index in [9.17, 15) is 0 Å². The summed E-state index contributed by atoms with van der Waals surface area (Å²) in [5.41, 5.74) is 4.57. The van der Waals surface area contributed by atoms with Gasteiger partial charge in [-0.05, 0) is 45.4 Å². The number of aromatic amines is 1. The highest BCUT2D eigenvalue weighted by atomic mass is 15.1. The Labute approximate surface area is 89.9 Å². The van der Waals surface area contributed by atoms with Gasteiger partial charge in [0.05, 0.1) is 5.52 Å². The maximum absolute atomic E-state index is 4.29. The first-order chi connectivity index (χ1) is 7.08. The van der Waals surface area contributed by atoms with Crippen LogP contribution < -0.4 is 5.32 Å². The van der Waals surface area contributed by atoms with Crippen molar-refractivity contribution >= 4 is 16.6 Å². The van der Waals surface area contributed by atoms with Crippen molar-refractivity contribution in [2.45, 2.75) is 33.7 Å². The van der Waals surface area contributed by atoms with E-state index in [1.807, 2.05) is 6.92 Å². The molecule has 0 aliphatic carbocycles. The van der Waals surface area contributed by atoms with E-state index in [0.717, 1.165) is 11.2 Å². The number of nitrogens with one attached hydrogen (secondary N) is 2. The van der Waals surface area contributed by atoms with E-state index in [2.05, 4.69) is 48.4 Å². The molecule has 0 saturated heterocycles. The van der Waals surface area contributed by atoms with Crippen LogP contribution in [0.2, 0.25) is 0 Å². The molecule has 2 N–H and O–H groups in total. The first-order valence-electron chi connectivity index (χ1n) is 5.30. The number of hydrogen-bond acceptors (Lipinski definition) is 2. The number of aromatic nitrogens is 2. The second-order valence-corrected chi connectivity index (χ2v) is 4.34. The predicted molar refractivity (Wildman–Crippen MR) is 64.3 cm³/mol. The quantitative estimate of drug-likeness (QED) is 0.787. The Kier molecular flexibility index (Phi) is 2.39. The van der Waals surface area contributed by atoms with E-state index in [1.54, 1.807) is 0 Å². The molecular formula is C12H17N3. The summed E-state index contributed by atoms with van der Waals surface area (Å²) in [7, 11) is 0. The van der Waals surface area contributed by atoms with Crippen molar-refractivity contribution in [1.82, 2.24) is 10.2 Å². The molecule has 3 heteroatoms. The van der Waals surface area contributed by atoms with Crippen LogP contribution in [0.15, 0.2) is 12.1 Å². The summed E-state index contributed by atoms with van der Waals surface area (Å²) in [6.07, 6.45) is 0. The highest BCUT2D eigenvalue weighted by Crippen LogP contribution is 2.24. The Balaban J connectivity index is 2.55. The van der Waals surface area contributed by atoms with E-state index in [-0.39, 0.29) is 0 Å². The molecule has 1 heterocycles. The summed E-state index contributed by atoms with van der Waals surface area (Å²) >= 11 is 0. The SMILES string of the molecule is Cc1[nH]nc2c(C)cc(NC(C)C)cc12. The van der Waals surface area contributed by atoms with E-state index >= 15 is 0 Å². The zero-order valence-corrected chi connectivity index (χ0v) is 9.68. The summed E-state index contributed by atoms with van der Waals surface area (Å²) in [4.78, 5) is 0. The lowest BCUT2D eigenvalue weighted by Gasteiger charge is -2.10. The third-order valence-corrected chi connectivity index (χ3v) is 2.50. The number of anilines is 1. The van der Waals surface area contributed by atoms with Crippen molar-refractivity contribution in [3.63, 3.8) is 0 Å². The van der Waals surface area contributed by atoms with Gasteiger partial charge in [0.15, 0.2) is 0 Å². The number of H-pyrrole nitrogens is 1. The Bertz CT molecular complexity index is 483. The molecule has 1 aromatic carbocycles. The van der Waals surface area contributed by atoms with Gasteiger partial charge in [-0.1, -0.05) is 0 Å². The zero-order chi connectivity index (χ0) is 11.0. The molecule has 80 valence electrons. The Hall–Kier alpha value is -1.51. The highest BCUT2D eigenvalue weighted by molar-refractivity contribution is 5.87. The van der Waals surface area contributed by atoms with Crippen LogP contribution in [0.3, 0.4) is 0 Å². The molecular weight excluding hydrogens is 186 g/mol. The van der Waals surface area contributed by atoms with Crippen LogP contribution in [0.5, 0.6) is 0 Å². The molecule has 1 aromatic heterocycles. The molecule has 0 radical (unpaired) electrons. The number of nitrogens with zero attached hydrogens (tertiary/aromatic N) is 1. The molecule has 0 aliphatic rings. The van der Waals surface area contributed by atoms with E-state index < -0.39 is 0 Å². The van der Waals surface area contributed by atoms with Crippen LogP contribution in [0, 0.1) is 13.8 Å². The van der Waals surface area contributed by atoms with Crippen molar-refractivity contribution in [3.8, 4) is 0 Å². The normalized spacial score (nSPS) is 11.3. The molecule has 0 spiro atoms. The largest absolute Gasteiger partial charge is 0.383 e. The molecule has 0 fully saturated rings. The third kappa shape index (κ3) is 1.82. The second-order valence-electron chi connectivity index (χ2n) is 4.34. The molecule has 0 bridgehead atoms. The lowest BCUT2D eigenvalue weighted by Crippen LogP contribution is -2.09. The maximum Gasteiger partial charge on any atom is 0.0954 e. The fraction of sp³-hybridized carbons (Fsp3) is 0.417. The zero-order valence-electron chi connectivity index (χ0n) is 9.68. The number of hydrogen-bond donors (Lipinski definition) is 2. The van der Waals surface area contributed by atoms with Crippen LogP contribution in [-0.4, -0.2) is 16.2 Å². The molecule has 0 unspecified atom stereocenters. The van der Waals surface area contributed by atoms with Crippen molar-refractivity contribution in [2.75, 3.05) is 5.32 Å². The lowest BCUT2D eigenvalue weighted by atomic mass is 10.1. The Morgan fingerprint density at radius 2 is 2.00 bits per heavy atom. The first kappa shape index (κ1) is 10.0. The van der Waals surface area contributed by atoms with Crippen molar-refractivity contribution in [3.05, 3.63) is 23.4 Å². The summed E-state index contributed by atoms with van der Waals surface area (Å²) in [5, 5.41) is 11.9. The average molecular weight is 203 g/mol. The minimum atomic E-state index is 0.453. The van der Waals surface area contributed by atoms with Crippen molar-refractivity contribution < 1.29 is 0 Å². The van der Waals surface area contributed by atoms with Gasteiger partial charge in [0.25, 0.3) is 0 Å². The predicted octanol–water partition coefficient (Wildman–Crippen LogP) is 3.00. The van der Waals surface area contributed by atoms with Crippen LogP contribution in [0.1, 0.15) is 25.1 Å². The molecule has 0 atom stereocenters. The summed E-state index contributed by atoms with van der Waals surface area (Å²) in [6, 6.07) is 4.75. The summed E-state index contributed by atoms with van der Waals surface area (Å²) < 4.78 is 0. The molecule has 0 aliphatic heterocycles. The van der Waals surface area contributed by atoms with Gasteiger partial charge in [-0.15, -0.1) is 0 Å². The number of fused-ring (bicyclic) bond motifs is 1. The van der Waals surface area contributed by atoms with Crippen LogP contribution in [-0.2, 0) is 0 Å². The van der Waals surface area contributed by atoms with E-state index in [1.165, 1.54) is 16.6 Å². The second kappa shape index (κ2) is 3.57. The number of rotatable bonds is 2. The maximum atomic E-state index is 4.29. The Morgan fingerprint density at radius 1 is 1.27 bits per heavy atom. The third-order valence-electron chi connectivity index (χ3n) is 2.50. The highest BCUT2D eigenvalue weighted by Gasteiger charge is 2.06. The van der Waals surface area contributed by atoms with Crippen molar-refractivity contribution in [2.24, 2.45) is 0 Å². The molecule has 15 heavy (non-hydrogen) atoms. The molecule has 3 nitrogen and oxygen atoms in total. The number of aryl methyl sites for hydroxylation is 2. The van der Waals surface area contributed by atoms with Gasteiger partial charge in [0.1, 0.15) is 0 Å². The fourth-order valence-electron chi connectivity index (χ4n) is 1.83. The van der Waals surface area contributed by atoms with Gasteiger partial charge in [-0.25, -0.2) is 0 Å². The fourth-order valence-corrected chi connectivity index (χ4v) is 1.83. The van der Waals surface area contributed by atoms with Crippen LogP contribution >= 0.6 is 0 Å². The molecule has 2 rings (SSSR count). The minimum Gasteiger partial charge on any atom is -0.383 e. The van der Waals surface area contributed by atoms with Gasteiger partial charge in [0, 0.05) is 22.8 Å². The lowest BCUT2D eigenvalue weighted by molar-refractivity contribution is 0.900. The van der Waals surface area contributed by atoms with Crippen LogP contribution in [0.4, 0.5) is 5.69 Å². The van der Waals surface area contributed by atoms with Crippen LogP contribution in [0.25, 0.3) is 10.9 Å². The summed E-state index contributed by atoms with van der Waals surface area (Å²) in [6.45, 7) is 8.42. The molecule has 2 aromatic rings. The molecule has 0 saturated carbocycles. The average Bonchev–Trinajstić information content (AvgIpc) is 2.47. The molecule has 0 amide bonds. The van der Waals surface area contributed by atoms with E-state index in [0.29, 0.717) is 6.04 Å². The van der Waals surface area contributed by atoms with Gasteiger partial charge in [-0.2, -0.15) is 5.10 Å². The minimum absolute atomic E-state index is 0.453. The van der Waals surface area contributed by atoms with Crippen molar-refractivity contribution in [1.29, 1.82) is 0 Å². The summed E-state index contributed by atoms with van der Waals surface area (Å²) in [5.74, 6) is 0. The first-order valence-corrected chi connectivity index (χ1v) is 5.30. The van der Waals surface area contributed by atoms with Gasteiger partial charge in [0.2, 0.25) is 0 Å². The van der Waals surface area contributed by atoms with Gasteiger partial charge in [-0.3, -0.25) is 5.10 Å². The van der Waals surface area contributed by atoms with Gasteiger partial charge >= 0.3 is 0 Å². The van der Waals surface area contributed by atoms with E-state index in [4.69, 9.17) is 0 Å². The standard InChI is InChI=1S/C12H17N3/c1-7(2)13-10-5-8(3)12-11(6-10)9(4)14-15-12/h5-7,13H,1-4H3,(H,14,15).